The summed E-state index contributed by atoms with van der Waals surface area (Å²) in [5, 5.41) is 27.3. The van der Waals surface area contributed by atoms with E-state index in [1.165, 1.54) is 5.56 Å². The molecule has 128 valence electrons. The monoisotopic (exact) mass is 367 g/mol. The summed E-state index contributed by atoms with van der Waals surface area (Å²) in [4.78, 5) is 0.880. The van der Waals surface area contributed by atoms with Crippen LogP contribution >= 0.6 is 11.8 Å². The molecule has 4 rings (SSSR count). The smallest absolute Gasteiger partial charge is 0.113 e. The Labute approximate surface area is 160 Å². The van der Waals surface area contributed by atoms with Crippen LogP contribution in [0.5, 0.6) is 0 Å². The Morgan fingerprint density at radius 1 is 0.889 bits per heavy atom. The third-order valence-electron chi connectivity index (χ3n) is 4.16. The zero-order valence-electron chi connectivity index (χ0n) is 14.2. The summed E-state index contributed by atoms with van der Waals surface area (Å²) in [7, 11) is 0. The van der Waals surface area contributed by atoms with Gasteiger partial charge in [-0.1, -0.05) is 47.7 Å². The van der Waals surface area contributed by atoms with Crippen LogP contribution < -0.4 is 0 Å². The normalized spacial score (nSPS) is 10.4. The zero-order valence-corrected chi connectivity index (χ0v) is 15.0. The lowest BCUT2D eigenvalue weighted by atomic mass is 10.1. The third kappa shape index (κ3) is 3.27. The van der Waals surface area contributed by atoms with Crippen molar-refractivity contribution in [1.29, 1.82) is 10.5 Å². The van der Waals surface area contributed by atoms with Gasteiger partial charge in [0.1, 0.15) is 17.7 Å². The van der Waals surface area contributed by atoms with Crippen molar-refractivity contribution in [3.05, 3.63) is 83.4 Å². The number of nitriles is 2. The van der Waals surface area contributed by atoms with Gasteiger partial charge in [0.2, 0.25) is 0 Å². The molecule has 0 N–H and O–H groups in total. The van der Waals surface area contributed by atoms with E-state index in [2.05, 4.69) is 34.6 Å². The minimum absolute atomic E-state index is 0.330. The van der Waals surface area contributed by atoms with E-state index in [1.54, 1.807) is 28.6 Å². The molecule has 4 aromatic rings. The molecule has 6 heteroatoms. The molecule has 0 saturated heterocycles. The standard InChI is InChI=1S/C21H13N5S/c22-12-16-10-20(26-19-9-5-4-8-18(19)24-25-26)21(11-17(16)13-23)27-14-15-6-2-1-3-7-15/h1-11H,14H2. The number of rotatable bonds is 4. The van der Waals surface area contributed by atoms with E-state index in [-0.39, 0.29) is 0 Å². The van der Waals surface area contributed by atoms with Gasteiger partial charge >= 0.3 is 0 Å². The molecule has 0 atom stereocenters. The summed E-state index contributed by atoms with van der Waals surface area (Å²) in [5.74, 6) is 0.747. The molecular weight excluding hydrogens is 354 g/mol. The van der Waals surface area contributed by atoms with E-state index < -0.39 is 0 Å². The second kappa shape index (κ2) is 7.33. The highest BCUT2D eigenvalue weighted by Gasteiger charge is 2.15. The minimum Gasteiger partial charge on any atom is -0.212 e. The lowest BCUT2D eigenvalue weighted by molar-refractivity contribution is 0.811. The second-order valence-corrected chi connectivity index (χ2v) is 6.87. The number of benzene rings is 3. The summed E-state index contributed by atoms with van der Waals surface area (Å²) in [6.07, 6.45) is 0. The van der Waals surface area contributed by atoms with E-state index in [9.17, 15) is 10.5 Å². The number of thioether (sulfide) groups is 1. The van der Waals surface area contributed by atoms with Gasteiger partial charge in [0, 0.05) is 10.6 Å². The van der Waals surface area contributed by atoms with E-state index in [0.717, 1.165) is 27.4 Å². The quantitative estimate of drug-likeness (QED) is 0.498. The average Bonchev–Trinajstić information content (AvgIpc) is 3.16. The highest BCUT2D eigenvalue weighted by molar-refractivity contribution is 7.98. The van der Waals surface area contributed by atoms with Crippen LogP contribution in [0, 0.1) is 22.7 Å². The maximum absolute atomic E-state index is 9.43. The van der Waals surface area contributed by atoms with E-state index in [0.29, 0.717) is 11.1 Å². The molecule has 0 saturated carbocycles. The first-order valence-electron chi connectivity index (χ1n) is 8.26. The molecular formula is C21H13N5S. The van der Waals surface area contributed by atoms with E-state index in [4.69, 9.17) is 0 Å². The van der Waals surface area contributed by atoms with Crippen molar-refractivity contribution >= 4 is 22.8 Å². The fourth-order valence-electron chi connectivity index (χ4n) is 2.82. The Balaban J connectivity index is 1.84. The minimum atomic E-state index is 0.330. The molecule has 0 aliphatic rings. The van der Waals surface area contributed by atoms with Crippen molar-refractivity contribution in [3.63, 3.8) is 0 Å². The molecule has 5 nitrogen and oxygen atoms in total. The number of fused-ring (bicyclic) bond motifs is 1. The van der Waals surface area contributed by atoms with E-state index in [1.807, 2.05) is 42.5 Å². The Morgan fingerprint density at radius 3 is 2.37 bits per heavy atom. The number of nitrogens with zero attached hydrogens (tertiary/aromatic N) is 5. The fraction of sp³-hybridized carbons (Fsp3) is 0.0476. The molecule has 3 aromatic carbocycles. The van der Waals surface area contributed by atoms with Crippen LogP contribution in [0.25, 0.3) is 16.7 Å². The second-order valence-electron chi connectivity index (χ2n) is 5.85. The van der Waals surface area contributed by atoms with Crippen molar-refractivity contribution in [2.45, 2.75) is 10.6 Å². The molecule has 0 amide bonds. The predicted molar refractivity (Wildman–Crippen MR) is 104 cm³/mol. The van der Waals surface area contributed by atoms with Crippen LogP contribution in [0.15, 0.2) is 71.6 Å². The fourth-order valence-corrected chi connectivity index (χ4v) is 3.83. The molecule has 0 bridgehead atoms. The van der Waals surface area contributed by atoms with Gasteiger partial charge in [-0.15, -0.1) is 16.9 Å². The van der Waals surface area contributed by atoms with Crippen molar-refractivity contribution in [2.75, 3.05) is 0 Å². The summed E-state index contributed by atoms with van der Waals surface area (Å²) < 4.78 is 1.73. The highest BCUT2D eigenvalue weighted by atomic mass is 32.2. The molecule has 27 heavy (non-hydrogen) atoms. The Kier molecular flexibility index (Phi) is 4.57. The summed E-state index contributed by atoms with van der Waals surface area (Å²) >= 11 is 1.61. The number of para-hydroxylation sites is 1. The Hall–Kier alpha value is -3.61. The third-order valence-corrected chi connectivity index (χ3v) is 5.27. The van der Waals surface area contributed by atoms with Crippen LogP contribution in [0.4, 0.5) is 0 Å². The lowest BCUT2D eigenvalue weighted by Crippen LogP contribution is -2.01. The maximum Gasteiger partial charge on any atom is 0.113 e. The van der Waals surface area contributed by atoms with Crippen molar-refractivity contribution in [2.24, 2.45) is 0 Å². The first-order valence-corrected chi connectivity index (χ1v) is 9.24. The molecule has 0 spiro atoms. The van der Waals surface area contributed by atoms with Gasteiger partial charge in [0.15, 0.2) is 0 Å². The van der Waals surface area contributed by atoms with Crippen molar-refractivity contribution in [1.82, 2.24) is 15.0 Å². The van der Waals surface area contributed by atoms with Gasteiger partial charge in [-0.2, -0.15) is 10.5 Å². The van der Waals surface area contributed by atoms with Gasteiger partial charge in [-0.25, -0.2) is 4.68 Å². The van der Waals surface area contributed by atoms with Crippen LogP contribution in [0.3, 0.4) is 0 Å². The van der Waals surface area contributed by atoms with Crippen LogP contribution in [-0.4, -0.2) is 15.0 Å². The van der Waals surface area contributed by atoms with Gasteiger partial charge < -0.3 is 0 Å². The van der Waals surface area contributed by atoms with Crippen molar-refractivity contribution < 1.29 is 0 Å². The predicted octanol–water partition coefficient (Wildman–Crippen LogP) is 4.46. The maximum atomic E-state index is 9.43. The summed E-state index contributed by atoms with van der Waals surface area (Å²) in [5.41, 5.74) is 4.25. The lowest BCUT2D eigenvalue weighted by Gasteiger charge is -2.11. The molecule has 1 aromatic heterocycles. The largest absolute Gasteiger partial charge is 0.212 e. The molecule has 0 radical (unpaired) electrons. The average molecular weight is 367 g/mol. The molecule has 0 fully saturated rings. The van der Waals surface area contributed by atoms with Crippen LogP contribution in [0.2, 0.25) is 0 Å². The topological polar surface area (TPSA) is 78.3 Å². The first-order chi connectivity index (χ1) is 13.3. The van der Waals surface area contributed by atoms with E-state index >= 15 is 0 Å². The number of hydrogen-bond acceptors (Lipinski definition) is 5. The summed E-state index contributed by atoms with van der Waals surface area (Å²) in [6, 6.07) is 25.5. The number of aromatic nitrogens is 3. The highest BCUT2D eigenvalue weighted by Crippen LogP contribution is 2.32. The Morgan fingerprint density at radius 2 is 1.59 bits per heavy atom. The Bertz CT molecular complexity index is 1200. The SMILES string of the molecule is N#Cc1cc(SCc2ccccc2)c(-n2nnc3ccccc32)cc1C#N. The molecule has 0 aliphatic carbocycles. The number of hydrogen-bond donors (Lipinski definition) is 0. The first kappa shape index (κ1) is 16.8. The van der Waals surface area contributed by atoms with Crippen LogP contribution in [0.1, 0.15) is 16.7 Å². The van der Waals surface area contributed by atoms with Gasteiger partial charge in [-0.3, -0.25) is 0 Å². The van der Waals surface area contributed by atoms with Gasteiger partial charge in [0.05, 0.1) is 22.3 Å². The molecule has 0 unspecified atom stereocenters. The van der Waals surface area contributed by atoms with Gasteiger partial charge in [-0.05, 0) is 29.8 Å². The van der Waals surface area contributed by atoms with Crippen molar-refractivity contribution in [3.8, 4) is 17.8 Å². The summed E-state index contributed by atoms with van der Waals surface area (Å²) in [6.45, 7) is 0. The molecule has 0 aliphatic heterocycles. The molecule has 1 heterocycles. The van der Waals surface area contributed by atoms with Crippen LogP contribution in [-0.2, 0) is 5.75 Å². The zero-order chi connectivity index (χ0) is 18.6. The van der Waals surface area contributed by atoms with Gasteiger partial charge in [0.25, 0.3) is 0 Å².